The van der Waals surface area contributed by atoms with E-state index >= 15 is 0 Å². The number of carbonyl (C=O) groups is 1. The standard InChI is InChI=1S/C20H22ClN5O/c21-15-3-5-16(6-4-15)23-11-17(27)10-14-2-1-9-26(12-14)20-18-7-8-22-19(18)24-13-25-20/h3-8,13-14,23H,1-2,9-12H2,(H,22,24,25). The predicted molar refractivity (Wildman–Crippen MR) is 108 cm³/mol. The third-order valence-corrected chi connectivity index (χ3v) is 5.25. The number of rotatable bonds is 6. The SMILES string of the molecule is O=C(CNc1ccc(Cl)cc1)CC1CCCN(c2ncnc3[nH]ccc23)C1. The molecule has 27 heavy (non-hydrogen) atoms. The number of piperidine rings is 1. The Kier molecular flexibility index (Phi) is 5.25. The van der Waals surface area contributed by atoms with Crippen molar-refractivity contribution in [3.63, 3.8) is 0 Å². The van der Waals surface area contributed by atoms with Gasteiger partial charge in [0, 0.05) is 36.4 Å². The first-order valence-corrected chi connectivity index (χ1v) is 9.61. The van der Waals surface area contributed by atoms with Gasteiger partial charge in [0.25, 0.3) is 0 Å². The van der Waals surface area contributed by atoms with Crippen LogP contribution < -0.4 is 10.2 Å². The maximum atomic E-state index is 12.4. The number of H-pyrrole nitrogens is 1. The largest absolute Gasteiger partial charge is 0.378 e. The minimum Gasteiger partial charge on any atom is -0.378 e. The first kappa shape index (κ1) is 17.8. The van der Waals surface area contributed by atoms with Crippen LogP contribution in [0.25, 0.3) is 11.0 Å². The van der Waals surface area contributed by atoms with Crippen LogP contribution in [-0.2, 0) is 4.79 Å². The summed E-state index contributed by atoms with van der Waals surface area (Å²) in [5.41, 5.74) is 1.76. The molecule has 3 heterocycles. The van der Waals surface area contributed by atoms with Crippen molar-refractivity contribution < 1.29 is 4.79 Å². The molecule has 0 amide bonds. The topological polar surface area (TPSA) is 73.9 Å². The van der Waals surface area contributed by atoms with E-state index < -0.39 is 0 Å². The zero-order chi connectivity index (χ0) is 18.6. The lowest BCUT2D eigenvalue weighted by Crippen LogP contribution is -2.37. The van der Waals surface area contributed by atoms with Crippen LogP contribution in [0.4, 0.5) is 11.5 Å². The van der Waals surface area contributed by atoms with Gasteiger partial charge in [-0.2, -0.15) is 0 Å². The zero-order valence-corrected chi connectivity index (χ0v) is 15.7. The summed E-state index contributed by atoms with van der Waals surface area (Å²) in [6.07, 6.45) is 6.21. The number of carbonyl (C=O) groups excluding carboxylic acids is 1. The molecule has 1 fully saturated rings. The molecular weight excluding hydrogens is 362 g/mol. The van der Waals surface area contributed by atoms with Gasteiger partial charge in [-0.15, -0.1) is 0 Å². The molecule has 4 rings (SSSR count). The van der Waals surface area contributed by atoms with Crippen LogP contribution >= 0.6 is 11.6 Å². The average Bonchev–Trinajstić information content (AvgIpc) is 3.16. The van der Waals surface area contributed by atoms with Crippen molar-refractivity contribution in [3.05, 3.63) is 47.9 Å². The molecule has 2 N–H and O–H groups in total. The highest BCUT2D eigenvalue weighted by molar-refractivity contribution is 6.30. The molecular formula is C20H22ClN5O. The minimum atomic E-state index is 0.228. The van der Waals surface area contributed by atoms with Crippen molar-refractivity contribution in [2.24, 2.45) is 5.92 Å². The third-order valence-electron chi connectivity index (χ3n) is 5.00. The van der Waals surface area contributed by atoms with Crippen LogP contribution in [0.1, 0.15) is 19.3 Å². The Hall–Kier alpha value is -2.60. The molecule has 0 bridgehead atoms. The normalized spacial score (nSPS) is 17.2. The summed E-state index contributed by atoms with van der Waals surface area (Å²) >= 11 is 5.89. The lowest BCUT2D eigenvalue weighted by atomic mass is 9.92. The quantitative estimate of drug-likeness (QED) is 0.675. The van der Waals surface area contributed by atoms with Gasteiger partial charge in [0.1, 0.15) is 17.8 Å². The average molecular weight is 384 g/mol. The number of hydrogen-bond donors (Lipinski definition) is 2. The first-order valence-electron chi connectivity index (χ1n) is 9.23. The fourth-order valence-corrected chi connectivity index (χ4v) is 3.82. The number of anilines is 2. The molecule has 1 unspecified atom stereocenters. The van der Waals surface area contributed by atoms with E-state index in [2.05, 4.69) is 25.2 Å². The predicted octanol–water partition coefficient (Wildman–Crippen LogP) is 3.90. The van der Waals surface area contributed by atoms with E-state index in [0.717, 1.165) is 48.5 Å². The highest BCUT2D eigenvalue weighted by Gasteiger charge is 2.24. The summed E-state index contributed by atoms with van der Waals surface area (Å²) < 4.78 is 0. The number of aromatic nitrogens is 3. The summed E-state index contributed by atoms with van der Waals surface area (Å²) in [5.74, 6) is 1.53. The summed E-state index contributed by atoms with van der Waals surface area (Å²) in [4.78, 5) is 26.6. The van der Waals surface area contributed by atoms with Crippen molar-refractivity contribution in [1.82, 2.24) is 15.0 Å². The first-order chi connectivity index (χ1) is 13.2. The fourth-order valence-electron chi connectivity index (χ4n) is 3.70. The van der Waals surface area contributed by atoms with Gasteiger partial charge in [-0.05, 0) is 49.1 Å². The molecule has 6 nitrogen and oxygen atoms in total. The summed E-state index contributed by atoms with van der Waals surface area (Å²) in [5, 5.41) is 4.90. The minimum absolute atomic E-state index is 0.228. The van der Waals surface area contributed by atoms with Gasteiger partial charge in [-0.25, -0.2) is 9.97 Å². The molecule has 0 aliphatic carbocycles. The number of hydrogen-bond acceptors (Lipinski definition) is 5. The summed E-state index contributed by atoms with van der Waals surface area (Å²) in [7, 11) is 0. The molecule has 1 aliphatic rings. The van der Waals surface area contributed by atoms with Crippen LogP contribution in [0.2, 0.25) is 5.02 Å². The molecule has 1 aromatic carbocycles. The maximum Gasteiger partial charge on any atom is 0.152 e. The number of benzene rings is 1. The van der Waals surface area contributed by atoms with Crippen molar-refractivity contribution in [2.75, 3.05) is 29.9 Å². The monoisotopic (exact) mass is 383 g/mol. The number of ketones is 1. The Balaban J connectivity index is 1.35. The van der Waals surface area contributed by atoms with E-state index in [1.165, 1.54) is 0 Å². The van der Waals surface area contributed by atoms with Gasteiger partial charge < -0.3 is 15.2 Å². The summed E-state index contributed by atoms with van der Waals surface area (Å²) in [6, 6.07) is 9.41. The molecule has 1 aliphatic heterocycles. The van der Waals surface area contributed by atoms with Crippen molar-refractivity contribution in [3.8, 4) is 0 Å². The van der Waals surface area contributed by atoms with Gasteiger partial charge in [-0.3, -0.25) is 4.79 Å². The molecule has 3 aromatic rings. The number of Topliss-reactive ketones (excluding diaryl/α,β-unsaturated/α-hetero) is 1. The van der Waals surface area contributed by atoms with Gasteiger partial charge >= 0.3 is 0 Å². The Bertz CT molecular complexity index is 924. The maximum absolute atomic E-state index is 12.4. The smallest absolute Gasteiger partial charge is 0.152 e. The highest BCUT2D eigenvalue weighted by Crippen LogP contribution is 2.28. The summed E-state index contributed by atoms with van der Waals surface area (Å²) in [6.45, 7) is 2.16. The van der Waals surface area contributed by atoms with Crippen LogP contribution in [0.3, 0.4) is 0 Å². The molecule has 0 radical (unpaired) electrons. The molecule has 0 saturated carbocycles. The molecule has 1 atom stereocenters. The Morgan fingerprint density at radius 3 is 2.96 bits per heavy atom. The van der Waals surface area contributed by atoms with E-state index in [9.17, 15) is 4.79 Å². The van der Waals surface area contributed by atoms with Gasteiger partial charge in [0.15, 0.2) is 5.78 Å². The van der Waals surface area contributed by atoms with E-state index in [1.54, 1.807) is 6.33 Å². The Morgan fingerprint density at radius 2 is 2.11 bits per heavy atom. The molecule has 1 saturated heterocycles. The van der Waals surface area contributed by atoms with Gasteiger partial charge in [0.05, 0.1) is 11.9 Å². The zero-order valence-electron chi connectivity index (χ0n) is 15.0. The number of aromatic amines is 1. The molecule has 140 valence electrons. The number of fused-ring (bicyclic) bond motifs is 1. The van der Waals surface area contributed by atoms with E-state index in [4.69, 9.17) is 11.6 Å². The molecule has 0 spiro atoms. The third kappa shape index (κ3) is 4.22. The number of nitrogens with one attached hydrogen (secondary N) is 2. The van der Waals surface area contributed by atoms with Crippen molar-refractivity contribution >= 4 is 39.9 Å². The van der Waals surface area contributed by atoms with Crippen LogP contribution in [0, 0.1) is 5.92 Å². The van der Waals surface area contributed by atoms with Crippen LogP contribution in [0.5, 0.6) is 0 Å². The lowest BCUT2D eigenvalue weighted by Gasteiger charge is -2.33. The van der Waals surface area contributed by atoms with Crippen molar-refractivity contribution in [2.45, 2.75) is 19.3 Å². The van der Waals surface area contributed by atoms with Crippen molar-refractivity contribution in [1.29, 1.82) is 0 Å². The van der Waals surface area contributed by atoms with E-state index in [1.807, 2.05) is 36.5 Å². The number of nitrogens with zero attached hydrogens (tertiary/aromatic N) is 3. The van der Waals surface area contributed by atoms with Crippen LogP contribution in [-0.4, -0.2) is 40.4 Å². The second-order valence-corrected chi connectivity index (χ2v) is 7.43. The molecule has 7 heteroatoms. The van der Waals surface area contributed by atoms with Crippen LogP contribution in [0.15, 0.2) is 42.9 Å². The lowest BCUT2D eigenvalue weighted by molar-refractivity contribution is -0.118. The fraction of sp³-hybridized carbons (Fsp3) is 0.350. The second-order valence-electron chi connectivity index (χ2n) is 6.99. The van der Waals surface area contributed by atoms with Gasteiger partial charge in [0.2, 0.25) is 0 Å². The Morgan fingerprint density at radius 1 is 1.26 bits per heavy atom. The number of halogens is 1. The second kappa shape index (κ2) is 7.96. The van der Waals surface area contributed by atoms with Gasteiger partial charge in [-0.1, -0.05) is 11.6 Å². The Labute approximate surface area is 163 Å². The molecule has 2 aromatic heterocycles. The van der Waals surface area contributed by atoms with E-state index in [0.29, 0.717) is 23.9 Å². The highest BCUT2D eigenvalue weighted by atomic mass is 35.5. The van der Waals surface area contributed by atoms with E-state index in [-0.39, 0.29) is 5.78 Å².